The van der Waals surface area contributed by atoms with Gasteiger partial charge in [-0.3, -0.25) is 14.4 Å². The van der Waals surface area contributed by atoms with Gasteiger partial charge in [-0.05, 0) is 37.5 Å². The van der Waals surface area contributed by atoms with Crippen LogP contribution in [0.4, 0.5) is 5.69 Å². The van der Waals surface area contributed by atoms with Gasteiger partial charge in [0.1, 0.15) is 5.75 Å². The standard InChI is InChI=1S/C24H26N4O4/c1-2-12-28-24(31)20-11-4-3-10-19(20)22(26-28)23(30)25-17-8-7-9-18(15-17)32-16-21(29)27-13-5-6-14-27/h3-4,7-11,15H,2,5-6,12-14,16H2,1H3,(H,25,30). The number of likely N-dealkylation sites (tertiary alicyclic amines) is 1. The molecule has 0 atom stereocenters. The van der Waals surface area contributed by atoms with Gasteiger partial charge in [-0.15, -0.1) is 0 Å². The van der Waals surface area contributed by atoms with Crippen molar-refractivity contribution in [3.05, 3.63) is 64.6 Å². The average Bonchev–Trinajstić information content (AvgIpc) is 3.35. The van der Waals surface area contributed by atoms with Crippen molar-refractivity contribution in [3.8, 4) is 5.75 Å². The highest BCUT2D eigenvalue weighted by Gasteiger charge is 2.19. The maximum absolute atomic E-state index is 13.1. The van der Waals surface area contributed by atoms with E-state index < -0.39 is 5.91 Å². The molecular formula is C24H26N4O4. The number of ether oxygens (including phenoxy) is 1. The first kappa shape index (κ1) is 21.5. The lowest BCUT2D eigenvalue weighted by Gasteiger charge is -2.16. The Morgan fingerprint density at radius 1 is 1.06 bits per heavy atom. The molecule has 8 heteroatoms. The highest BCUT2D eigenvalue weighted by atomic mass is 16.5. The number of carbonyl (C=O) groups excluding carboxylic acids is 2. The first-order valence-electron chi connectivity index (χ1n) is 10.9. The van der Waals surface area contributed by atoms with Gasteiger partial charge in [0, 0.05) is 36.8 Å². The molecule has 0 bridgehead atoms. The molecule has 3 aromatic rings. The van der Waals surface area contributed by atoms with Crippen molar-refractivity contribution >= 4 is 28.3 Å². The first-order chi connectivity index (χ1) is 15.6. The number of aromatic nitrogens is 2. The van der Waals surface area contributed by atoms with Crippen molar-refractivity contribution < 1.29 is 14.3 Å². The van der Waals surface area contributed by atoms with Crippen molar-refractivity contribution in [2.24, 2.45) is 0 Å². The molecule has 0 spiro atoms. The van der Waals surface area contributed by atoms with Crippen LogP contribution in [-0.4, -0.2) is 46.2 Å². The van der Waals surface area contributed by atoms with Crippen LogP contribution in [0.2, 0.25) is 0 Å². The van der Waals surface area contributed by atoms with E-state index in [1.165, 1.54) is 4.68 Å². The zero-order valence-corrected chi connectivity index (χ0v) is 18.0. The lowest BCUT2D eigenvalue weighted by Crippen LogP contribution is -2.32. The van der Waals surface area contributed by atoms with Crippen LogP contribution in [-0.2, 0) is 11.3 Å². The minimum Gasteiger partial charge on any atom is -0.484 e. The number of rotatable bonds is 7. The third kappa shape index (κ3) is 4.64. The summed E-state index contributed by atoms with van der Waals surface area (Å²) >= 11 is 0. The highest BCUT2D eigenvalue weighted by molar-refractivity contribution is 6.11. The van der Waals surface area contributed by atoms with E-state index >= 15 is 0 Å². The minimum atomic E-state index is -0.420. The van der Waals surface area contributed by atoms with E-state index in [-0.39, 0.29) is 23.8 Å². The summed E-state index contributed by atoms with van der Waals surface area (Å²) in [5.41, 5.74) is 0.487. The van der Waals surface area contributed by atoms with Gasteiger partial charge < -0.3 is 15.0 Å². The van der Waals surface area contributed by atoms with E-state index in [1.54, 1.807) is 53.4 Å². The van der Waals surface area contributed by atoms with Gasteiger partial charge in [0.25, 0.3) is 17.4 Å². The number of nitrogens with zero attached hydrogens (tertiary/aromatic N) is 3. The van der Waals surface area contributed by atoms with E-state index in [4.69, 9.17) is 4.74 Å². The molecule has 0 unspecified atom stereocenters. The van der Waals surface area contributed by atoms with Gasteiger partial charge in [0.2, 0.25) is 0 Å². The van der Waals surface area contributed by atoms with Crippen LogP contribution in [0.1, 0.15) is 36.7 Å². The second-order valence-corrected chi connectivity index (χ2v) is 7.78. The van der Waals surface area contributed by atoms with E-state index in [9.17, 15) is 14.4 Å². The molecule has 166 valence electrons. The maximum Gasteiger partial charge on any atom is 0.276 e. The van der Waals surface area contributed by atoms with Crippen molar-refractivity contribution in [1.82, 2.24) is 14.7 Å². The summed E-state index contributed by atoms with van der Waals surface area (Å²) in [6.07, 6.45) is 2.78. The molecule has 32 heavy (non-hydrogen) atoms. The molecule has 1 fully saturated rings. The Morgan fingerprint density at radius 3 is 2.56 bits per heavy atom. The van der Waals surface area contributed by atoms with Gasteiger partial charge in [-0.25, -0.2) is 4.68 Å². The summed E-state index contributed by atoms with van der Waals surface area (Å²) in [6.45, 7) is 3.89. The van der Waals surface area contributed by atoms with Crippen LogP contribution in [0, 0.1) is 0 Å². The number of carbonyl (C=O) groups is 2. The molecule has 0 saturated carbocycles. The van der Waals surface area contributed by atoms with Crippen molar-refractivity contribution in [2.45, 2.75) is 32.7 Å². The molecule has 1 aromatic heterocycles. The highest BCUT2D eigenvalue weighted by Crippen LogP contribution is 2.20. The van der Waals surface area contributed by atoms with Crippen LogP contribution in [0.25, 0.3) is 10.8 Å². The molecule has 1 aliphatic heterocycles. The van der Waals surface area contributed by atoms with Crippen molar-refractivity contribution in [2.75, 3.05) is 25.0 Å². The molecule has 0 radical (unpaired) electrons. The monoisotopic (exact) mass is 434 g/mol. The Hall–Kier alpha value is -3.68. The fourth-order valence-corrected chi connectivity index (χ4v) is 3.82. The number of hydrogen-bond acceptors (Lipinski definition) is 5. The number of aryl methyl sites for hydroxylation is 1. The average molecular weight is 434 g/mol. The molecule has 1 N–H and O–H groups in total. The molecule has 2 aromatic carbocycles. The van der Waals surface area contributed by atoms with Crippen LogP contribution in [0.5, 0.6) is 5.75 Å². The van der Waals surface area contributed by atoms with Gasteiger partial charge >= 0.3 is 0 Å². The Balaban J connectivity index is 1.52. The maximum atomic E-state index is 13.1. The number of fused-ring (bicyclic) bond motifs is 1. The summed E-state index contributed by atoms with van der Waals surface area (Å²) in [4.78, 5) is 39.7. The molecule has 1 saturated heterocycles. The van der Waals surface area contributed by atoms with Gasteiger partial charge in [-0.1, -0.05) is 31.2 Å². The summed E-state index contributed by atoms with van der Waals surface area (Å²) < 4.78 is 6.98. The quantitative estimate of drug-likeness (QED) is 0.617. The third-order valence-corrected chi connectivity index (χ3v) is 5.43. The van der Waals surface area contributed by atoms with Crippen molar-refractivity contribution in [3.63, 3.8) is 0 Å². The number of benzene rings is 2. The Labute approximate surface area is 185 Å². The molecular weight excluding hydrogens is 408 g/mol. The summed E-state index contributed by atoms with van der Waals surface area (Å²) in [5, 5.41) is 8.12. The summed E-state index contributed by atoms with van der Waals surface area (Å²) in [6, 6.07) is 13.8. The second kappa shape index (κ2) is 9.64. The molecule has 2 amide bonds. The van der Waals surface area contributed by atoms with Gasteiger partial charge in [-0.2, -0.15) is 5.10 Å². The number of nitrogens with one attached hydrogen (secondary N) is 1. The predicted molar refractivity (Wildman–Crippen MR) is 122 cm³/mol. The zero-order chi connectivity index (χ0) is 22.5. The largest absolute Gasteiger partial charge is 0.484 e. The van der Waals surface area contributed by atoms with E-state index in [2.05, 4.69) is 10.4 Å². The molecule has 2 heterocycles. The predicted octanol–water partition coefficient (Wildman–Crippen LogP) is 3.06. The molecule has 1 aliphatic rings. The lowest BCUT2D eigenvalue weighted by atomic mass is 10.1. The first-order valence-corrected chi connectivity index (χ1v) is 10.9. The third-order valence-electron chi connectivity index (χ3n) is 5.43. The molecule has 8 nitrogen and oxygen atoms in total. The minimum absolute atomic E-state index is 0.0361. The van der Waals surface area contributed by atoms with Crippen LogP contribution in [0.3, 0.4) is 0 Å². The topological polar surface area (TPSA) is 93.5 Å². The summed E-state index contributed by atoms with van der Waals surface area (Å²) in [5.74, 6) is 0.0336. The van der Waals surface area contributed by atoms with Crippen LogP contribution >= 0.6 is 0 Å². The SMILES string of the molecule is CCCn1nc(C(=O)Nc2cccc(OCC(=O)N3CCCC3)c2)c2ccccc2c1=O. The Morgan fingerprint density at radius 2 is 1.81 bits per heavy atom. The molecule has 4 rings (SSSR count). The lowest BCUT2D eigenvalue weighted by molar-refractivity contribution is -0.132. The normalized spacial score (nSPS) is 13.3. The van der Waals surface area contributed by atoms with E-state index in [0.29, 0.717) is 28.8 Å². The second-order valence-electron chi connectivity index (χ2n) is 7.78. The van der Waals surface area contributed by atoms with E-state index in [1.807, 2.05) is 6.92 Å². The van der Waals surface area contributed by atoms with Crippen molar-refractivity contribution in [1.29, 1.82) is 0 Å². The van der Waals surface area contributed by atoms with E-state index in [0.717, 1.165) is 32.4 Å². The Kier molecular flexibility index (Phi) is 6.49. The smallest absolute Gasteiger partial charge is 0.276 e. The fraction of sp³-hybridized carbons (Fsp3) is 0.333. The number of anilines is 1. The Bertz CT molecular complexity index is 1200. The van der Waals surface area contributed by atoms with Crippen LogP contribution < -0.4 is 15.6 Å². The molecule has 0 aliphatic carbocycles. The van der Waals surface area contributed by atoms with Crippen LogP contribution in [0.15, 0.2) is 53.3 Å². The number of amides is 2. The fourth-order valence-electron chi connectivity index (χ4n) is 3.82. The number of hydrogen-bond donors (Lipinski definition) is 1. The van der Waals surface area contributed by atoms with Gasteiger partial charge in [0.05, 0.1) is 5.39 Å². The van der Waals surface area contributed by atoms with Gasteiger partial charge in [0.15, 0.2) is 12.3 Å². The zero-order valence-electron chi connectivity index (χ0n) is 18.0. The summed E-state index contributed by atoms with van der Waals surface area (Å²) in [7, 11) is 0.